The van der Waals surface area contributed by atoms with Crippen molar-refractivity contribution in [3.63, 3.8) is 0 Å². The number of hydrogen-bond acceptors (Lipinski definition) is 3. The smallest absolute Gasteiger partial charge is 0.0991 e. The van der Waals surface area contributed by atoms with Crippen LogP contribution in [0.5, 0.6) is 0 Å². The fourth-order valence-electron chi connectivity index (χ4n) is 1.58. The summed E-state index contributed by atoms with van der Waals surface area (Å²) in [5, 5.41) is 12.2. The van der Waals surface area contributed by atoms with E-state index in [1.54, 1.807) is 0 Å². The highest BCUT2D eigenvalue weighted by atomic mass is 14.9. The molecule has 0 saturated carbocycles. The van der Waals surface area contributed by atoms with Crippen LogP contribution in [0, 0.1) is 11.3 Å². The van der Waals surface area contributed by atoms with E-state index in [2.05, 4.69) is 18.3 Å². The Morgan fingerprint density at radius 2 is 2.25 bits per heavy atom. The summed E-state index contributed by atoms with van der Waals surface area (Å²) in [6, 6.07) is 10.2. The minimum atomic E-state index is 0.283. The molecular formula is C13H19N3. The van der Waals surface area contributed by atoms with Crippen molar-refractivity contribution < 1.29 is 0 Å². The molecule has 1 rings (SSSR count). The van der Waals surface area contributed by atoms with Gasteiger partial charge in [-0.05, 0) is 50.6 Å². The summed E-state index contributed by atoms with van der Waals surface area (Å²) >= 11 is 0. The molecule has 1 atom stereocenters. The predicted molar refractivity (Wildman–Crippen MR) is 65.9 cm³/mol. The molecule has 0 fully saturated rings. The molecule has 86 valence electrons. The van der Waals surface area contributed by atoms with Gasteiger partial charge in [0, 0.05) is 6.04 Å². The number of hydrogen-bond donors (Lipinski definition) is 2. The maximum absolute atomic E-state index is 8.81. The first kappa shape index (κ1) is 12.7. The Hall–Kier alpha value is -1.37. The average molecular weight is 217 g/mol. The summed E-state index contributed by atoms with van der Waals surface area (Å²) in [7, 11) is 0. The Bertz CT molecular complexity index is 354. The van der Waals surface area contributed by atoms with Gasteiger partial charge in [0.25, 0.3) is 0 Å². The third-order valence-electron chi connectivity index (χ3n) is 2.60. The van der Waals surface area contributed by atoms with Crippen molar-refractivity contribution in [2.45, 2.75) is 25.8 Å². The van der Waals surface area contributed by atoms with Crippen LogP contribution in [0.25, 0.3) is 0 Å². The summed E-state index contributed by atoms with van der Waals surface area (Å²) in [5.74, 6) is 0. The van der Waals surface area contributed by atoms with Crippen molar-refractivity contribution >= 4 is 0 Å². The molecule has 0 spiro atoms. The number of benzene rings is 1. The van der Waals surface area contributed by atoms with Crippen LogP contribution in [0.2, 0.25) is 0 Å². The van der Waals surface area contributed by atoms with Crippen molar-refractivity contribution in [1.82, 2.24) is 5.32 Å². The molecule has 1 unspecified atom stereocenters. The molecule has 3 N–H and O–H groups in total. The van der Waals surface area contributed by atoms with Crippen LogP contribution in [0.4, 0.5) is 0 Å². The number of nitrogens with zero attached hydrogens (tertiary/aromatic N) is 1. The molecule has 1 aromatic carbocycles. The molecule has 0 saturated heterocycles. The molecule has 0 aliphatic heterocycles. The second-order valence-corrected chi connectivity index (χ2v) is 3.91. The minimum absolute atomic E-state index is 0.283. The van der Waals surface area contributed by atoms with Crippen molar-refractivity contribution in [2.24, 2.45) is 5.73 Å². The highest BCUT2D eigenvalue weighted by Crippen LogP contribution is 2.13. The Balaban J connectivity index is 2.46. The van der Waals surface area contributed by atoms with Crippen LogP contribution < -0.4 is 11.1 Å². The molecule has 3 heteroatoms. The van der Waals surface area contributed by atoms with E-state index in [0.717, 1.165) is 31.5 Å². The molecule has 0 bridgehead atoms. The maximum atomic E-state index is 8.81. The lowest BCUT2D eigenvalue weighted by Crippen LogP contribution is -2.20. The molecule has 0 aliphatic rings. The van der Waals surface area contributed by atoms with E-state index in [0.29, 0.717) is 5.56 Å². The van der Waals surface area contributed by atoms with Crippen LogP contribution >= 0.6 is 0 Å². The summed E-state index contributed by atoms with van der Waals surface area (Å²) in [6.45, 7) is 3.83. The van der Waals surface area contributed by atoms with Crippen LogP contribution in [-0.2, 0) is 0 Å². The molecule has 0 aromatic heterocycles. The van der Waals surface area contributed by atoms with E-state index in [9.17, 15) is 0 Å². The third-order valence-corrected chi connectivity index (χ3v) is 2.60. The second-order valence-electron chi connectivity index (χ2n) is 3.91. The van der Waals surface area contributed by atoms with Crippen molar-refractivity contribution in [3.8, 4) is 6.07 Å². The maximum Gasteiger partial charge on any atom is 0.0991 e. The molecule has 0 radical (unpaired) electrons. The van der Waals surface area contributed by atoms with Gasteiger partial charge in [-0.2, -0.15) is 5.26 Å². The summed E-state index contributed by atoms with van der Waals surface area (Å²) in [4.78, 5) is 0. The SMILES string of the molecule is CC(NCCCCN)c1cccc(C#N)c1. The second kappa shape index (κ2) is 7.00. The zero-order valence-corrected chi connectivity index (χ0v) is 9.74. The van der Waals surface area contributed by atoms with Crippen LogP contribution in [0.15, 0.2) is 24.3 Å². The number of nitrogens with one attached hydrogen (secondary N) is 1. The lowest BCUT2D eigenvalue weighted by molar-refractivity contribution is 0.549. The van der Waals surface area contributed by atoms with Gasteiger partial charge in [0.2, 0.25) is 0 Å². The standard InChI is InChI=1S/C13H19N3/c1-11(16-8-3-2-7-14)13-6-4-5-12(9-13)10-15/h4-6,9,11,16H,2-3,7-8,14H2,1H3. The normalized spacial score (nSPS) is 12.1. The summed E-state index contributed by atoms with van der Waals surface area (Å²) < 4.78 is 0. The molecule has 0 amide bonds. The van der Waals surface area contributed by atoms with E-state index < -0.39 is 0 Å². The van der Waals surface area contributed by atoms with E-state index in [-0.39, 0.29) is 6.04 Å². The van der Waals surface area contributed by atoms with Gasteiger partial charge in [-0.15, -0.1) is 0 Å². The first-order valence-electron chi connectivity index (χ1n) is 5.71. The van der Waals surface area contributed by atoms with Crippen molar-refractivity contribution in [3.05, 3.63) is 35.4 Å². The van der Waals surface area contributed by atoms with Gasteiger partial charge in [-0.3, -0.25) is 0 Å². The zero-order chi connectivity index (χ0) is 11.8. The average Bonchev–Trinajstić information content (AvgIpc) is 2.34. The van der Waals surface area contributed by atoms with Gasteiger partial charge in [-0.25, -0.2) is 0 Å². The third kappa shape index (κ3) is 4.01. The summed E-state index contributed by atoms with van der Waals surface area (Å²) in [5.41, 5.74) is 7.31. The molecule has 3 nitrogen and oxygen atoms in total. The Morgan fingerprint density at radius 1 is 1.44 bits per heavy atom. The van der Waals surface area contributed by atoms with E-state index in [1.165, 1.54) is 0 Å². The minimum Gasteiger partial charge on any atom is -0.330 e. The van der Waals surface area contributed by atoms with Crippen molar-refractivity contribution in [2.75, 3.05) is 13.1 Å². The monoisotopic (exact) mass is 217 g/mol. The molecule has 16 heavy (non-hydrogen) atoms. The van der Waals surface area contributed by atoms with Crippen LogP contribution in [0.3, 0.4) is 0 Å². The molecular weight excluding hydrogens is 198 g/mol. The largest absolute Gasteiger partial charge is 0.330 e. The molecule has 0 heterocycles. The van der Waals surface area contributed by atoms with Crippen LogP contribution in [-0.4, -0.2) is 13.1 Å². The van der Waals surface area contributed by atoms with E-state index in [4.69, 9.17) is 11.0 Å². The van der Waals surface area contributed by atoms with Crippen molar-refractivity contribution in [1.29, 1.82) is 5.26 Å². The van der Waals surface area contributed by atoms with Gasteiger partial charge in [0.15, 0.2) is 0 Å². The Labute approximate surface area is 97.3 Å². The lowest BCUT2D eigenvalue weighted by atomic mass is 10.1. The zero-order valence-electron chi connectivity index (χ0n) is 9.74. The number of nitriles is 1. The summed E-state index contributed by atoms with van der Waals surface area (Å²) in [6.07, 6.45) is 2.15. The van der Waals surface area contributed by atoms with Crippen LogP contribution in [0.1, 0.15) is 36.9 Å². The fourth-order valence-corrected chi connectivity index (χ4v) is 1.58. The van der Waals surface area contributed by atoms with E-state index in [1.807, 2.05) is 24.3 Å². The number of nitrogens with two attached hydrogens (primary N) is 1. The van der Waals surface area contributed by atoms with Gasteiger partial charge >= 0.3 is 0 Å². The first-order chi connectivity index (χ1) is 7.77. The predicted octanol–water partition coefficient (Wildman–Crippen LogP) is 1.95. The molecule has 0 aliphatic carbocycles. The Kier molecular flexibility index (Phi) is 5.55. The van der Waals surface area contributed by atoms with Gasteiger partial charge < -0.3 is 11.1 Å². The molecule has 1 aromatic rings. The number of unbranched alkanes of at least 4 members (excludes halogenated alkanes) is 1. The topological polar surface area (TPSA) is 61.8 Å². The van der Waals surface area contributed by atoms with Gasteiger partial charge in [0.1, 0.15) is 0 Å². The number of rotatable bonds is 6. The quantitative estimate of drug-likeness (QED) is 0.716. The first-order valence-corrected chi connectivity index (χ1v) is 5.71. The fraction of sp³-hybridized carbons (Fsp3) is 0.462. The van der Waals surface area contributed by atoms with E-state index >= 15 is 0 Å². The highest BCUT2D eigenvalue weighted by Gasteiger charge is 2.04. The van der Waals surface area contributed by atoms with Gasteiger partial charge in [0.05, 0.1) is 11.6 Å². The van der Waals surface area contributed by atoms with Gasteiger partial charge in [-0.1, -0.05) is 12.1 Å². The lowest BCUT2D eigenvalue weighted by Gasteiger charge is -2.14. The Morgan fingerprint density at radius 3 is 2.94 bits per heavy atom. The highest BCUT2D eigenvalue weighted by molar-refractivity contribution is 5.33.